The fourth-order valence-electron chi connectivity index (χ4n) is 2.51. The van der Waals surface area contributed by atoms with Crippen molar-refractivity contribution in [3.05, 3.63) is 29.9 Å². The van der Waals surface area contributed by atoms with Crippen molar-refractivity contribution in [1.29, 1.82) is 0 Å². The number of rotatable bonds is 9. The molecule has 0 aliphatic heterocycles. The first-order chi connectivity index (χ1) is 12.0. The van der Waals surface area contributed by atoms with E-state index in [-0.39, 0.29) is 18.2 Å². The monoisotopic (exact) mass is 347 g/mol. The van der Waals surface area contributed by atoms with E-state index in [0.29, 0.717) is 55.6 Å². The minimum atomic E-state index is -0.141. The third-order valence-corrected chi connectivity index (χ3v) is 3.96. The van der Waals surface area contributed by atoms with Crippen molar-refractivity contribution in [2.75, 3.05) is 19.6 Å². The summed E-state index contributed by atoms with van der Waals surface area (Å²) in [5.41, 5.74) is 0.586. The first kappa shape index (κ1) is 18.8. The van der Waals surface area contributed by atoms with E-state index >= 15 is 0 Å². The molecule has 1 N–H and O–H groups in total. The molecular weight excluding hydrogens is 322 g/mol. The maximum Gasteiger partial charge on any atom is 0.263 e. The summed E-state index contributed by atoms with van der Waals surface area (Å²) in [5, 5.41) is 2.82. The van der Waals surface area contributed by atoms with E-state index in [2.05, 4.69) is 10.3 Å². The highest BCUT2D eigenvalue weighted by molar-refractivity contribution is 5.79. The average Bonchev–Trinajstić information content (AvgIpc) is 3.23. The molecule has 7 nitrogen and oxygen atoms in total. The van der Waals surface area contributed by atoms with Crippen LogP contribution >= 0.6 is 0 Å². The van der Waals surface area contributed by atoms with Crippen molar-refractivity contribution in [3.63, 3.8) is 0 Å². The average molecular weight is 347 g/mol. The molecule has 0 saturated heterocycles. The van der Waals surface area contributed by atoms with E-state index in [4.69, 9.17) is 8.83 Å². The Hall–Kier alpha value is -2.57. The van der Waals surface area contributed by atoms with Crippen molar-refractivity contribution in [2.45, 2.75) is 40.0 Å². The zero-order chi connectivity index (χ0) is 18.2. The predicted molar refractivity (Wildman–Crippen MR) is 92.8 cm³/mol. The van der Waals surface area contributed by atoms with Gasteiger partial charge in [0.05, 0.1) is 18.4 Å². The van der Waals surface area contributed by atoms with Crippen molar-refractivity contribution in [2.24, 2.45) is 0 Å². The molecule has 2 heterocycles. The summed E-state index contributed by atoms with van der Waals surface area (Å²) in [4.78, 5) is 30.0. The van der Waals surface area contributed by atoms with Gasteiger partial charge in [0.25, 0.3) is 5.89 Å². The van der Waals surface area contributed by atoms with E-state index in [1.807, 2.05) is 13.8 Å². The number of furan rings is 1. The van der Waals surface area contributed by atoms with Gasteiger partial charge in [0.1, 0.15) is 5.76 Å². The third kappa shape index (κ3) is 5.20. The van der Waals surface area contributed by atoms with Gasteiger partial charge < -0.3 is 19.1 Å². The molecule has 0 atom stereocenters. The van der Waals surface area contributed by atoms with Gasteiger partial charge in [-0.05, 0) is 39.3 Å². The molecule has 2 aromatic heterocycles. The van der Waals surface area contributed by atoms with Crippen LogP contribution < -0.4 is 5.32 Å². The van der Waals surface area contributed by atoms with Crippen LogP contribution in [0.15, 0.2) is 27.2 Å². The number of oxazole rings is 1. The lowest BCUT2D eigenvalue weighted by Crippen LogP contribution is -2.32. The van der Waals surface area contributed by atoms with Crippen molar-refractivity contribution < 1.29 is 18.4 Å². The molecule has 25 heavy (non-hydrogen) atoms. The summed E-state index contributed by atoms with van der Waals surface area (Å²) in [6, 6.07) is 3.50. The van der Waals surface area contributed by atoms with E-state index < -0.39 is 0 Å². The summed E-state index contributed by atoms with van der Waals surface area (Å²) in [6.07, 6.45) is 2.74. The van der Waals surface area contributed by atoms with Gasteiger partial charge in [0.15, 0.2) is 5.76 Å². The summed E-state index contributed by atoms with van der Waals surface area (Å²) in [7, 11) is 0. The lowest BCUT2D eigenvalue weighted by Gasteiger charge is -2.18. The maximum absolute atomic E-state index is 12.0. The van der Waals surface area contributed by atoms with Gasteiger partial charge in [-0.2, -0.15) is 0 Å². The molecule has 0 spiro atoms. The zero-order valence-electron chi connectivity index (χ0n) is 15.0. The van der Waals surface area contributed by atoms with Crippen LogP contribution in [0.2, 0.25) is 0 Å². The highest BCUT2D eigenvalue weighted by Gasteiger charge is 2.16. The van der Waals surface area contributed by atoms with Gasteiger partial charge in [-0.15, -0.1) is 0 Å². The molecule has 0 aromatic carbocycles. The second-order valence-corrected chi connectivity index (χ2v) is 5.70. The van der Waals surface area contributed by atoms with E-state index in [9.17, 15) is 9.59 Å². The molecule has 0 bridgehead atoms. The SMILES string of the molecule is CCN(CC)C(=O)CCCNC(=O)Cc1nc(-c2ccco2)oc1C. The van der Waals surface area contributed by atoms with Crippen LogP contribution in [-0.2, 0) is 16.0 Å². The van der Waals surface area contributed by atoms with E-state index in [1.165, 1.54) is 0 Å². The number of carbonyl (C=O) groups excluding carboxylic acids is 2. The smallest absolute Gasteiger partial charge is 0.263 e. The number of amides is 2. The number of nitrogens with one attached hydrogen (secondary N) is 1. The molecule has 7 heteroatoms. The topological polar surface area (TPSA) is 88.6 Å². The van der Waals surface area contributed by atoms with Gasteiger partial charge in [-0.25, -0.2) is 4.98 Å². The van der Waals surface area contributed by atoms with Gasteiger partial charge >= 0.3 is 0 Å². The van der Waals surface area contributed by atoms with Gasteiger partial charge in [-0.1, -0.05) is 0 Å². The summed E-state index contributed by atoms with van der Waals surface area (Å²) in [5.74, 6) is 1.48. The van der Waals surface area contributed by atoms with Crippen LogP contribution in [0.4, 0.5) is 0 Å². The Morgan fingerprint density at radius 2 is 2.04 bits per heavy atom. The van der Waals surface area contributed by atoms with Crippen LogP contribution in [0.5, 0.6) is 0 Å². The fraction of sp³-hybridized carbons (Fsp3) is 0.500. The van der Waals surface area contributed by atoms with Gasteiger partial charge in [0.2, 0.25) is 11.8 Å². The number of hydrogen-bond donors (Lipinski definition) is 1. The molecule has 0 fully saturated rings. The maximum atomic E-state index is 12.0. The molecule has 0 radical (unpaired) electrons. The summed E-state index contributed by atoms with van der Waals surface area (Å²) >= 11 is 0. The molecule has 136 valence electrons. The lowest BCUT2D eigenvalue weighted by molar-refractivity contribution is -0.131. The lowest BCUT2D eigenvalue weighted by atomic mass is 10.2. The Labute approximate surface area is 147 Å². The van der Waals surface area contributed by atoms with Gasteiger partial charge in [0, 0.05) is 26.1 Å². The summed E-state index contributed by atoms with van der Waals surface area (Å²) < 4.78 is 10.8. The molecule has 0 aliphatic carbocycles. The van der Waals surface area contributed by atoms with Crippen molar-refractivity contribution in [3.8, 4) is 11.7 Å². The van der Waals surface area contributed by atoms with E-state index in [0.717, 1.165) is 0 Å². The first-order valence-electron chi connectivity index (χ1n) is 8.59. The summed E-state index contributed by atoms with van der Waals surface area (Å²) in [6.45, 7) is 7.58. The Kier molecular flexibility index (Phi) is 6.80. The number of aryl methyl sites for hydroxylation is 1. The van der Waals surface area contributed by atoms with Crippen LogP contribution in [-0.4, -0.2) is 41.3 Å². The normalized spacial score (nSPS) is 10.7. The Morgan fingerprint density at radius 1 is 1.28 bits per heavy atom. The standard InChI is InChI=1S/C18H25N3O4/c1-4-21(5-2)17(23)9-6-10-19-16(22)12-14-13(3)25-18(20-14)15-8-7-11-24-15/h7-8,11H,4-6,9-10,12H2,1-3H3,(H,19,22). The van der Waals surface area contributed by atoms with E-state index in [1.54, 1.807) is 30.2 Å². The van der Waals surface area contributed by atoms with Crippen LogP contribution in [0.25, 0.3) is 11.7 Å². The van der Waals surface area contributed by atoms with Gasteiger partial charge in [-0.3, -0.25) is 9.59 Å². The number of carbonyl (C=O) groups is 2. The Bertz CT molecular complexity index is 687. The molecule has 2 amide bonds. The van der Waals surface area contributed by atoms with Crippen LogP contribution in [0.1, 0.15) is 38.1 Å². The van der Waals surface area contributed by atoms with Crippen LogP contribution in [0.3, 0.4) is 0 Å². The first-order valence-corrected chi connectivity index (χ1v) is 8.59. The minimum Gasteiger partial charge on any atom is -0.459 e. The molecule has 2 rings (SSSR count). The number of hydrogen-bond acceptors (Lipinski definition) is 5. The minimum absolute atomic E-state index is 0.120. The molecular formula is C18H25N3O4. The molecule has 0 unspecified atom stereocenters. The van der Waals surface area contributed by atoms with Crippen molar-refractivity contribution >= 4 is 11.8 Å². The van der Waals surface area contributed by atoms with Crippen molar-refractivity contribution in [1.82, 2.24) is 15.2 Å². The predicted octanol–water partition coefficient (Wildman–Crippen LogP) is 2.55. The molecule has 0 saturated carbocycles. The highest BCUT2D eigenvalue weighted by Crippen LogP contribution is 2.22. The zero-order valence-corrected chi connectivity index (χ0v) is 15.0. The number of aromatic nitrogens is 1. The highest BCUT2D eigenvalue weighted by atomic mass is 16.4. The molecule has 0 aliphatic rings. The fourth-order valence-corrected chi connectivity index (χ4v) is 2.51. The quantitative estimate of drug-likeness (QED) is 0.704. The number of nitrogens with zero attached hydrogens (tertiary/aromatic N) is 2. The third-order valence-electron chi connectivity index (χ3n) is 3.96. The van der Waals surface area contributed by atoms with Crippen LogP contribution in [0, 0.1) is 6.92 Å². The Morgan fingerprint density at radius 3 is 2.68 bits per heavy atom. The molecule has 2 aromatic rings. The second kappa shape index (κ2) is 9.05. The second-order valence-electron chi connectivity index (χ2n) is 5.70. The largest absolute Gasteiger partial charge is 0.459 e. The Balaban J connectivity index is 1.76.